The van der Waals surface area contributed by atoms with Gasteiger partial charge >= 0.3 is 0 Å². The number of nitrogens with one attached hydrogen (secondary N) is 1. The van der Waals surface area contributed by atoms with E-state index >= 15 is 0 Å². The third kappa shape index (κ3) is 1.64. The maximum atomic E-state index is 3.51. The topological polar surface area (TPSA) is 15.8 Å². The van der Waals surface area contributed by atoms with Crippen molar-refractivity contribution in [2.75, 3.05) is 0 Å². The van der Waals surface area contributed by atoms with Crippen molar-refractivity contribution in [3.63, 3.8) is 0 Å². The normalized spacial score (nSPS) is 10.9. The summed E-state index contributed by atoms with van der Waals surface area (Å²) in [7, 11) is 0. The molecule has 0 aliphatic rings. The molecular formula is C16H15N. The molecule has 1 nitrogen and oxygen atoms in total. The molecule has 0 radical (unpaired) electrons. The molecule has 17 heavy (non-hydrogen) atoms. The van der Waals surface area contributed by atoms with E-state index in [4.69, 9.17) is 0 Å². The molecule has 1 heteroatoms. The van der Waals surface area contributed by atoms with Crippen molar-refractivity contribution in [2.24, 2.45) is 0 Å². The van der Waals surface area contributed by atoms with Crippen LogP contribution >= 0.6 is 0 Å². The summed E-state index contributed by atoms with van der Waals surface area (Å²) in [5.41, 5.74) is 6.32. The highest BCUT2D eigenvalue weighted by Gasteiger charge is 2.08. The fourth-order valence-electron chi connectivity index (χ4n) is 2.37. The van der Waals surface area contributed by atoms with Crippen molar-refractivity contribution < 1.29 is 0 Å². The molecule has 1 heterocycles. The minimum Gasteiger partial charge on any atom is -0.354 e. The standard InChI is InChI=1S/C16H15N/c1-11-6-5-7-13(10-11)16-12(2)14-8-3-4-9-15(14)17-16/h3-10,17H,1-2H3. The summed E-state index contributed by atoms with van der Waals surface area (Å²) in [6.45, 7) is 4.30. The highest BCUT2D eigenvalue weighted by molar-refractivity contribution is 5.90. The Morgan fingerprint density at radius 1 is 0.882 bits per heavy atom. The minimum atomic E-state index is 1.21. The molecule has 3 aromatic rings. The number of hydrogen-bond donors (Lipinski definition) is 1. The van der Waals surface area contributed by atoms with Crippen LogP contribution in [-0.4, -0.2) is 4.98 Å². The summed E-state index contributed by atoms with van der Waals surface area (Å²) in [5, 5.41) is 1.31. The molecular weight excluding hydrogens is 206 g/mol. The Balaban J connectivity index is 2.27. The van der Waals surface area contributed by atoms with Crippen molar-refractivity contribution in [1.82, 2.24) is 4.98 Å². The van der Waals surface area contributed by atoms with Crippen LogP contribution in [0.15, 0.2) is 48.5 Å². The van der Waals surface area contributed by atoms with Crippen LogP contribution in [0.4, 0.5) is 0 Å². The van der Waals surface area contributed by atoms with Crippen molar-refractivity contribution >= 4 is 10.9 Å². The molecule has 0 unspecified atom stereocenters. The van der Waals surface area contributed by atoms with Gasteiger partial charge in [0.15, 0.2) is 0 Å². The molecule has 0 spiro atoms. The lowest BCUT2D eigenvalue weighted by molar-refractivity contribution is 1.38. The summed E-state index contributed by atoms with van der Waals surface area (Å²) < 4.78 is 0. The molecule has 3 rings (SSSR count). The fourth-order valence-corrected chi connectivity index (χ4v) is 2.37. The summed E-state index contributed by atoms with van der Waals surface area (Å²) in [6, 6.07) is 17.1. The van der Waals surface area contributed by atoms with Crippen molar-refractivity contribution in [1.29, 1.82) is 0 Å². The van der Waals surface area contributed by atoms with Gasteiger partial charge in [-0.1, -0.05) is 42.0 Å². The van der Waals surface area contributed by atoms with Crippen molar-refractivity contribution in [2.45, 2.75) is 13.8 Å². The third-order valence-electron chi connectivity index (χ3n) is 3.27. The van der Waals surface area contributed by atoms with Gasteiger partial charge in [-0.05, 0) is 37.1 Å². The number of para-hydroxylation sites is 1. The second-order valence-electron chi connectivity index (χ2n) is 4.54. The zero-order chi connectivity index (χ0) is 11.8. The van der Waals surface area contributed by atoms with Crippen LogP contribution in [0.25, 0.3) is 22.2 Å². The first-order valence-electron chi connectivity index (χ1n) is 5.90. The average molecular weight is 221 g/mol. The monoisotopic (exact) mass is 221 g/mol. The second-order valence-corrected chi connectivity index (χ2v) is 4.54. The minimum absolute atomic E-state index is 1.21. The quantitative estimate of drug-likeness (QED) is 0.624. The SMILES string of the molecule is Cc1cccc(-c2[nH]c3ccccc3c2C)c1. The Labute approximate surface area is 101 Å². The number of hydrogen-bond acceptors (Lipinski definition) is 0. The number of H-pyrrole nitrogens is 1. The van der Waals surface area contributed by atoms with E-state index in [1.54, 1.807) is 0 Å². The maximum Gasteiger partial charge on any atom is 0.0494 e. The van der Waals surface area contributed by atoms with Crippen LogP contribution in [0.1, 0.15) is 11.1 Å². The molecule has 0 aliphatic carbocycles. The third-order valence-corrected chi connectivity index (χ3v) is 3.27. The average Bonchev–Trinajstić information content (AvgIpc) is 2.68. The lowest BCUT2D eigenvalue weighted by Gasteiger charge is -2.01. The van der Waals surface area contributed by atoms with Gasteiger partial charge in [-0.15, -0.1) is 0 Å². The number of aromatic nitrogens is 1. The molecule has 0 fully saturated rings. The molecule has 0 saturated carbocycles. The van der Waals surface area contributed by atoms with E-state index in [1.165, 1.54) is 33.3 Å². The number of fused-ring (bicyclic) bond motifs is 1. The summed E-state index contributed by atoms with van der Waals surface area (Å²) in [4.78, 5) is 3.51. The van der Waals surface area contributed by atoms with Crippen LogP contribution in [0.2, 0.25) is 0 Å². The highest BCUT2D eigenvalue weighted by atomic mass is 14.7. The van der Waals surface area contributed by atoms with Gasteiger partial charge in [0.05, 0.1) is 0 Å². The maximum absolute atomic E-state index is 3.51. The number of rotatable bonds is 1. The first-order valence-corrected chi connectivity index (χ1v) is 5.90. The lowest BCUT2D eigenvalue weighted by Crippen LogP contribution is -1.81. The smallest absolute Gasteiger partial charge is 0.0494 e. The van der Waals surface area contributed by atoms with Crippen LogP contribution in [0, 0.1) is 13.8 Å². The predicted molar refractivity (Wildman–Crippen MR) is 73.2 cm³/mol. The summed E-state index contributed by atoms with van der Waals surface area (Å²) in [5.74, 6) is 0. The van der Waals surface area contributed by atoms with Gasteiger partial charge in [0.2, 0.25) is 0 Å². The molecule has 0 amide bonds. The van der Waals surface area contributed by atoms with E-state index < -0.39 is 0 Å². The largest absolute Gasteiger partial charge is 0.354 e. The zero-order valence-corrected chi connectivity index (χ0v) is 10.1. The van der Waals surface area contributed by atoms with Gasteiger partial charge in [0, 0.05) is 16.6 Å². The fraction of sp³-hybridized carbons (Fsp3) is 0.125. The molecule has 0 atom stereocenters. The molecule has 2 aromatic carbocycles. The van der Waals surface area contributed by atoms with E-state index in [2.05, 4.69) is 67.4 Å². The Morgan fingerprint density at radius 2 is 1.71 bits per heavy atom. The van der Waals surface area contributed by atoms with Crippen molar-refractivity contribution in [3.05, 3.63) is 59.7 Å². The first kappa shape index (κ1) is 10.2. The molecule has 0 saturated heterocycles. The van der Waals surface area contributed by atoms with Gasteiger partial charge < -0.3 is 4.98 Å². The second kappa shape index (κ2) is 3.77. The number of aromatic amines is 1. The Hall–Kier alpha value is -2.02. The van der Waals surface area contributed by atoms with Gasteiger partial charge in [-0.2, -0.15) is 0 Å². The predicted octanol–water partition coefficient (Wildman–Crippen LogP) is 4.45. The van der Waals surface area contributed by atoms with Gasteiger partial charge in [-0.25, -0.2) is 0 Å². The molecule has 0 aliphatic heterocycles. The van der Waals surface area contributed by atoms with Gasteiger partial charge in [-0.3, -0.25) is 0 Å². The van der Waals surface area contributed by atoms with E-state index in [1.807, 2.05) is 0 Å². The van der Waals surface area contributed by atoms with Crippen LogP contribution in [-0.2, 0) is 0 Å². The van der Waals surface area contributed by atoms with E-state index in [0.717, 1.165) is 0 Å². The summed E-state index contributed by atoms with van der Waals surface area (Å²) >= 11 is 0. The summed E-state index contributed by atoms with van der Waals surface area (Å²) in [6.07, 6.45) is 0. The number of aryl methyl sites for hydroxylation is 2. The Morgan fingerprint density at radius 3 is 2.47 bits per heavy atom. The molecule has 0 bridgehead atoms. The van der Waals surface area contributed by atoms with Crippen LogP contribution in [0.3, 0.4) is 0 Å². The van der Waals surface area contributed by atoms with Gasteiger partial charge in [0.25, 0.3) is 0 Å². The van der Waals surface area contributed by atoms with Gasteiger partial charge in [0.1, 0.15) is 0 Å². The Bertz CT molecular complexity index is 677. The van der Waals surface area contributed by atoms with E-state index in [-0.39, 0.29) is 0 Å². The molecule has 1 aromatic heterocycles. The zero-order valence-electron chi connectivity index (χ0n) is 10.1. The molecule has 1 N–H and O–H groups in total. The van der Waals surface area contributed by atoms with E-state index in [0.29, 0.717) is 0 Å². The highest BCUT2D eigenvalue weighted by Crippen LogP contribution is 2.29. The Kier molecular flexibility index (Phi) is 2.25. The van der Waals surface area contributed by atoms with Crippen LogP contribution in [0.5, 0.6) is 0 Å². The molecule has 84 valence electrons. The van der Waals surface area contributed by atoms with E-state index in [9.17, 15) is 0 Å². The number of benzene rings is 2. The first-order chi connectivity index (χ1) is 8.25. The van der Waals surface area contributed by atoms with Crippen LogP contribution < -0.4 is 0 Å². The van der Waals surface area contributed by atoms with Crippen molar-refractivity contribution in [3.8, 4) is 11.3 Å². The lowest BCUT2D eigenvalue weighted by atomic mass is 10.0.